The van der Waals surface area contributed by atoms with E-state index in [0.29, 0.717) is 40.1 Å². The topological polar surface area (TPSA) is 117 Å². The molecule has 2 aromatic carbocycles. The van der Waals surface area contributed by atoms with Gasteiger partial charge in [-0.3, -0.25) is 19.3 Å². The third-order valence-electron chi connectivity index (χ3n) is 4.94. The maximum atomic E-state index is 13.0. The van der Waals surface area contributed by atoms with Gasteiger partial charge in [0.15, 0.2) is 0 Å². The Hall–Kier alpha value is -4.18. The largest absolute Gasteiger partial charge is 0.478 e. The average molecular weight is 480 g/mol. The van der Waals surface area contributed by atoms with E-state index in [2.05, 4.69) is 5.32 Å². The number of furan rings is 1. The lowest BCUT2D eigenvalue weighted by Gasteiger charge is -2.12. The van der Waals surface area contributed by atoms with Crippen molar-refractivity contribution in [2.75, 3.05) is 11.9 Å². The van der Waals surface area contributed by atoms with E-state index in [9.17, 15) is 23.6 Å². The number of aromatic carboxylic acids is 1. The van der Waals surface area contributed by atoms with Crippen LogP contribution in [0, 0.1) is 12.7 Å². The fourth-order valence-corrected chi connectivity index (χ4v) is 4.11. The molecule has 10 heteroatoms. The monoisotopic (exact) mass is 480 g/mol. The number of amides is 3. The van der Waals surface area contributed by atoms with Crippen molar-refractivity contribution >= 4 is 46.5 Å². The van der Waals surface area contributed by atoms with Crippen LogP contribution in [0.25, 0.3) is 17.4 Å². The van der Waals surface area contributed by atoms with Crippen LogP contribution in [0.4, 0.5) is 14.9 Å². The predicted molar refractivity (Wildman–Crippen MR) is 124 cm³/mol. The van der Waals surface area contributed by atoms with E-state index < -0.39 is 35.4 Å². The molecule has 0 atom stereocenters. The number of halogens is 1. The molecule has 0 aliphatic carbocycles. The zero-order valence-corrected chi connectivity index (χ0v) is 18.5. The summed E-state index contributed by atoms with van der Waals surface area (Å²) in [6.07, 6.45) is 1.41. The molecule has 172 valence electrons. The summed E-state index contributed by atoms with van der Waals surface area (Å²) in [5.41, 5.74) is 1.89. The number of hydrogen-bond acceptors (Lipinski definition) is 6. The van der Waals surface area contributed by atoms with Crippen molar-refractivity contribution in [3.05, 3.63) is 82.2 Å². The molecule has 3 aromatic rings. The van der Waals surface area contributed by atoms with E-state index in [4.69, 9.17) is 9.52 Å². The number of benzene rings is 2. The SMILES string of the molecule is Cc1cc(C(=O)O)ccc1-c1ccc(/C=C2\SC(=O)N(CC(=O)Nc3ccc(F)cc3)C2=O)o1. The molecule has 0 radical (unpaired) electrons. The average Bonchev–Trinajstić information content (AvgIpc) is 3.35. The standard InChI is InChI=1S/C24H17FN2O6S/c1-13-10-14(23(30)31)2-8-18(13)19-9-7-17(33-19)11-20-22(29)27(24(32)34-20)12-21(28)26-16-5-3-15(25)4-6-16/h2-11H,12H2,1H3,(H,26,28)(H,30,31)/b20-11-. The second-order valence-electron chi connectivity index (χ2n) is 7.36. The molecule has 4 rings (SSSR count). The molecule has 1 aliphatic rings. The zero-order chi connectivity index (χ0) is 24.4. The fraction of sp³-hybridized carbons (Fsp3) is 0.0833. The molecule has 8 nitrogen and oxygen atoms in total. The van der Waals surface area contributed by atoms with Gasteiger partial charge in [0.1, 0.15) is 23.9 Å². The van der Waals surface area contributed by atoms with Gasteiger partial charge in [-0.1, -0.05) is 6.07 Å². The lowest BCUT2D eigenvalue weighted by atomic mass is 10.0. The van der Waals surface area contributed by atoms with Crippen molar-refractivity contribution in [1.29, 1.82) is 0 Å². The summed E-state index contributed by atoms with van der Waals surface area (Å²) >= 11 is 0.684. The number of rotatable bonds is 6. The molecule has 0 saturated carbocycles. The van der Waals surface area contributed by atoms with Crippen LogP contribution in [0.1, 0.15) is 21.7 Å². The number of carboxylic acids is 1. The first-order valence-corrected chi connectivity index (χ1v) is 10.8. The summed E-state index contributed by atoms with van der Waals surface area (Å²) < 4.78 is 18.8. The fourth-order valence-electron chi connectivity index (χ4n) is 3.29. The van der Waals surface area contributed by atoms with Gasteiger partial charge in [0.05, 0.1) is 10.5 Å². The molecule has 2 heterocycles. The highest BCUT2D eigenvalue weighted by atomic mass is 32.2. The maximum Gasteiger partial charge on any atom is 0.335 e. The van der Waals surface area contributed by atoms with Crippen molar-refractivity contribution in [2.24, 2.45) is 0 Å². The quantitative estimate of drug-likeness (QED) is 0.488. The Bertz CT molecular complexity index is 1350. The van der Waals surface area contributed by atoms with E-state index in [-0.39, 0.29) is 10.5 Å². The first-order valence-electron chi connectivity index (χ1n) is 9.96. The Kier molecular flexibility index (Phi) is 6.33. The van der Waals surface area contributed by atoms with Gasteiger partial charge in [0.2, 0.25) is 5.91 Å². The van der Waals surface area contributed by atoms with Crippen LogP contribution in [0.15, 0.2) is 63.9 Å². The Morgan fingerprint density at radius 2 is 1.85 bits per heavy atom. The summed E-state index contributed by atoms with van der Waals surface area (Å²) in [4.78, 5) is 49.2. The summed E-state index contributed by atoms with van der Waals surface area (Å²) in [5.74, 6) is -1.93. The number of thioether (sulfide) groups is 1. The summed E-state index contributed by atoms with van der Waals surface area (Å²) in [7, 11) is 0. The smallest absolute Gasteiger partial charge is 0.335 e. The third-order valence-corrected chi connectivity index (χ3v) is 5.85. The van der Waals surface area contributed by atoms with Crippen molar-refractivity contribution in [2.45, 2.75) is 6.92 Å². The lowest BCUT2D eigenvalue weighted by Crippen LogP contribution is -2.36. The highest BCUT2D eigenvalue weighted by Gasteiger charge is 2.36. The van der Waals surface area contributed by atoms with Crippen molar-refractivity contribution in [3.8, 4) is 11.3 Å². The number of carbonyl (C=O) groups is 4. The number of carbonyl (C=O) groups excluding carboxylic acids is 3. The summed E-state index contributed by atoms with van der Waals surface area (Å²) in [6.45, 7) is 1.27. The molecule has 0 spiro atoms. The van der Waals surface area contributed by atoms with Gasteiger partial charge in [0, 0.05) is 17.3 Å². The molecule has 0 bridgehead atoms. The van der Waals surface area contributed by atoms with E-state index >= 15 is 0 Å². The van der Waals surface area contributed by atoms with Crippen LogP contribution in [0.2, 0.25) is 0 Å². The van der Waals surface area contributed by atoms with Crippen molar-refractivity contribution < 1.29 is 33.1 Å². The van der Waals surface area contributed by atoms with E-state index in [0.717, 1.165) is 4.90 Å². The Labute approximate surface area is 197 Å². The van der Waals surface area contributed by atoms with Gasteiger partial charge in [0.25, 0.3) is 11.1 Å². The van der Waals surface area contributed by atoms with E-state index in [1.54, 1.807) is 25.1 Å². The van der Waals surface area contributed by atoms with Crippen LogP contribution >= 0.6 is 11.8 Å². The van der Waals surface area contributed by atoms with Gasteiger partial charge in [-0.05, 0) is 72.8 Å². The summed E-state index contributed by atoms with van der Waals surface area (Å²) in [5, 5.41) is 11.0. The molecule has 2 N–H and O–H groups in total. The first-order chi connectivity index (χ1) is 16.2. The van der Waals surface area contributed by atoms with Gasteiger partial charge in [-0.15, -0.1) is 0 Å². The van der Waals surface area contributed by atoms with Crippen LogP contribution in [-0.2, 0) is 9.59 Å². The number of imide groups is 1. The number of anilines is 1. The lowest BCUT2D eigenvalue weighted by molar-refractivity contribution is -0.127. The molecular weight excluding hydrogens is 463 g/mol. The summed E-state index contributed by atoms with van der Waals surface area (Å²) in [6, 6.07) is 13.0. The molecule has 0 unspecified atom stereocenters. The second-order valence-corrected chi connectivity index (χ2v) is 8.35. The minimum Gasteiger partial charge on any atom is -0.478 e. The van der Waals surface area contributed by atoms with Gasteiger partial charge >= 0.3 is 5.97 Å². The normalized spacial score (nSPS) is 14.6. The number of nitrogens with one attached hydrogen (secondary N) is 1. The first kappa shape index (κ1) is 23.0. The molecule has 1 saturated heterocycles. The minimum absolute atomic E-state index is 0.0958. The molecule has 1 fully saturated rings. The van der Waals surface area contributed by atoms with E-state index in [1.165, 1.54) is 42.5 Å². The Morgan fingerprint density at radius 3 is 2.53 bits per heavy atom. The number of aryl methyl sites for hydroxylation is 1. The van der Waals surface area contributed by atoms with Crippen LogP contribution in [0.3, 0.4) is 0 Å². The minimum atomic E-state index is -1.03. The predicted octanol–water partition coefficient (Wildman–Crippen LogP) is 4.77. The highest BCUT2D eigenvalue weighted by molar-refractivity contribution is 8.18. The maximum absolute atomic E-state index is 13.0. The van der Waals surface area contributed by atoms with E-state index in [1.807, 2.05) is 0 Å². The number of nitrogens with zero attached hydrogens (tertiary/aromatic N) is 1. The molecule has 34 heavy (non-hydrogen) atoms. The number of carboxylic acid groups (broad SMARTS) is 1. The van der Waals surface area contributed by atoms with Crippen LogP contribution in [-0.4, -0.2) is 39.6 Å². The van der Waals surface area contributed by atoms with Gasteiger partial charge in [-0.2, -0.15) is 0 Å². The molecular formula is C24H17FN2O6S. The second kappa shape index (κ2) is 9.36. The molecule has 1 aromatic heterocycles. The Balaban J connectivity index is 1.46. The highest BCUT2D eigenvalue weighted by Crippen LogP contribution is 2.34. The zero-order valence-electron chi connectivity index (χ0n) is 17.7. The molecule has 1 aliphatic heterocycles. The van der Waals surface area contributed by atoms with Crippen molar-refractivity contribution in [3.63, 3.8) is 0 Å². The van der Waals surface area contributed by atoms with Crippen LogP contribution < -0.4 is 5.32 Å². The van der Waals surface area contributed by atoms with Crippen LogP contribution in [0.5, 0.6) is 0 Å². The van der Waals surface area contributed by atoms with Gasteiger partial charge in [-0.25, -0.2) is 9.18 Å². The van der Waals surface area contributed by atoms with Crippen molar-refractivity contribution in [1.82, 2.24) is 4.90 Å². The molecule has 3 amide bonds. The van der Waals surface area contributed by atoms with Gasteiger partial charge < -0.3 is 14.8 Å². The Morgan fingerprint density at radius 1 is 1.12 bits per heavy atom. The third kappa shape index (κ3) is 4.91. The number of hydrogen-bond donors (Lipinski definition) is 2.